The number of carbonyl (C=O) groups is 1. The van der Waals surface area contributed by atoms with Crippen LogP contribution in [0.1, 0.15) is 25.3 Å². The van der Waals surface area contributed by atoms with Gasteiger partial charge in [0, 0.05) is 51.6 Å². The van der Waals surface area contributed by atoms with Crippen molar-refractivity contribution in [3.8, 4) is 0 Å². The number of piperazine rings is 1. The van der Waals surface area contributed by atoms with Gasteiger partial charge in [0.25, 0.3) is 0 Å². The van der Waals surface area contributed by atoms with Gasteiger partial charge in [0.1, 0.15) is 11.0 Å². The number of amides is 1. The molecule has 0 radical (unpaired) electrons. The summed E-state index contributed by atoms with van der Waals surface area (Å²) >= 11 is 0. The first kappa shape index (κ1) is 23.4. The first-order chi connectivity index (χ1) is 15.8. The SMILES string of the molecule is C[C@@H]1CN(c2ncc(S(C)(=O)=O)cn2)CCN1C(=O)OC1CCN(Cc2ccccc2)CC1. The smallest absolute Gasteiger partial charge is 0.410 e. The fourth-order valence-corrected chi connectivity index (χ4v) is 4.80. The molecule has 4 rings (SSSR count). The zero-order valence-corrected chi connectivity index (χ0v) is 19.9. The molecule has 2 saturated heterocycles. The lowest BCUT2D eigenvalue weighted by molar-refractivity contribution is 0.0191. The van der Waals surface area contributed by atoms with Gasteiger partial charge in [0.15, 0.2) is 9.84 Å². The van der Waals surface area contributed by atoms with Gasteiger partial charge in [0.2, 0.25) is 5.95 Å². The molecule has 3 heterocycles. The van der Waals surface area contributed by atoms with Crippen LogP contribution in [0.2, 0.25) is 0 Å². The highest BCUT2D eigenvalue weighted by Crippen LogP contribution is 2.20. The van der Waals surface area contributed by atoms with Crippen LogP contribution in [0.4, 0.5) is 10.7 Å². The van der Waals surface area contributed by atoms with Crippen LogP contribution < -0.4 is 4.90 Å². The third kappa shape index (κ3) is 6.00. The summed E-state index contributed by atoms with van der Waals surface area (Å²) < 4.78 is 29.0. The Hall–Kier alpha value is -2.72. The van der Waals surface area contributed by atoms with E-state index >= 15 is 0 Å². The molecule has 2 aromatic rings. The highest BCUT2D eigenvalue weighted by Gasteiger charge is 2.32. The van der Waals surface area contributed by atoms with Gasteiger partial charge in [-0.25, -0.2) is 23.2 Å². The number of anilines is 1. The maximum Gasteiger partial charge on any atom is 0.410 e. The van der Waals surface area contributed by atoms with Gasteiger partial charge in [-0.15, -0.1) is 0 Å². The second-order valence-electron chi connectivity index (χ2n) is 8.82. The van der Waals surface area contributed by atoms with Crippen LogP contribution in [-0.4, -0.2) is 85.4 Å². The van der Waals surface area contributed by atoms with Crippen molar-refractivity contribution >= 4 is 21.9 Å². The number of likely N-dealkylation sites (tertiary alicyclic amines) is 1. The van der Waals surface area contributed by atoms with Gasteiger partial charge in [-0.2, -0.15) is 0 Å². The summed E-state index contributed by atoms with van der Waals surface area (Å²) in [5, 5.41) is 0. The summed E-state index contributed by atoms with van der Waals surface area (Å²) in [4.78, 5) is 27.4. The molecular weight excluding hydrogens is 442 g/mol. The minimum absolute atomic E-state index is 0.0541. The number of carbonyl (C=O) groups excluding carboxylic acids is 1. The number of ether oxygens (including phenoxy) is 1. The molecule has 0 N–H and O–H groups in total. The Morgan fingerprint density at radius 3 is 2.33 bits per heavy atom. The number of sulfone groups is 1. The number of hydrogen-bond donors (Lipinski definition) is 0. The van der Waals surface area contributed by atoms with Crippen molar-refractivity contribution in [1.29, 1.82) is 0 Å². The molecule has 0 aliphatic carbocycles. The number of rotatable bonds is 5. The minimum atomic E-state index is -3.33. The molecule has 9 nitrogen and oxygen atoms in total. The molecule has 178 valence electrons. The van der Waals surface area contributed by atoms with Gasteiger partial charge in [-0.05, 0) is 25.3 Å². The highest BCUT2D eigenvalue weighted by atomic mass is 32.2. The van der Waals surface area contributed by atoms with E-state index in [0.29, 0.717) is 25.6 Å². The molecule has 1 aromatic heterocycles. The minimum Gasteiger partial charge on any atom is -0.446 e. The second-order valence-corrected chi connectivity index (χ2v) is 10.8. The van der Waals surface area contributed by atoms with Crippen LogP contribution in [0.15, 0.2) is 47.6 Å². The Bertz CT molecular complexity index is 1040. The normalized spacial score (nSPS) is 20.6. The maximum atomic E-state index is 12.8. The van der Waals surface area contributed by atoms with Gasteiger partial charge < -0.3 is 14.5 Å². The van der Waals surface area contributed by atoms with E-state index in [1.54, 1.807) is 4.90 Å². The van der Waals surface area contributed by atoms with Crippen molar-refractivity contribution in [3.05, 3.63) is 48.3 Å². The Morgan fingerprint density at radius 1 is 1.06 bits per heavy atom. The van der Waals surface area contributed by atoms with E-state index in [-0.39, 0.29) is 23.1 Å². The molecule has 1 amide bonds. The van der Waals surface area contributed by atoms with Crippen molar-refractivity contribution < 1.29 is 17.9 Å². The molecule has 0 unspecified atom stereocenters. The van der Waals surface area contributed by atoms with E-state index in [2.05, 4.69) is 39.1 Å². The summed E-state index contributed by atoms with van der Waals surface area (Å²) in [6.45, 7) is 6.35. The fourth-order valence-electron chi connectivity index (χ4n) is 4.31. The topological polar surface area (TPSA) is 95.9 Å². The van der Waals surface area contributed by atoms with E-state index in [4.69, 9.17) is 4.74 Å². The van der Waals surface area contributed by atoms with Gasteiger partial charge >= 0.3 is 6.09 Å². The molecule has 0 bridgehead atoms. The molecule has 1 atom stereocenters. The molecule has 10 heteroatoms. The molecule has 2 aliphatic rings. The Labute approximate surface area is 195 Å². The highest BCUT2D eigenvalue weighted by molar-refractivity contribution is 7.90. The number of aromatic nitrogens is 2. The largest absolute Gasteiger partial charge is 0.446 e. The number of piperidine rings is 1. The summed E-state index contributed by atoms with van der Waals surface area (Å²) in [5.74, 6) is 0.466. The standard InChI is InChI=1S/C23H31N5O4S/c1-18-16-27(22-24-14-21(15-25-22)33(2,30)31)12-13-28(18)23(29)32-20-8-10-26(11-9-20)17-19-6-4-3-5-7-19/h3-7,14-15,18,20H,8-13,16-17H2,1-2H3/t18-/m1/s1. The number of nitrogens with zero attached hydrogens (tertiary/aromatic N) is 5. The van der Waals surface area contributed by atoms with E-state index in [1.165, 1.54) is 18.0 Å². The predicted octanol–water partition coefficient (Wildman–Crippen LogP) is 2.19. The number of hydrogen-bond acceptors (Lipinski definition) is 8. The average molecular weight is 474 g/mol. The molecule has 0 spiro atoms. The summed E-state index contributed by atoms with van der Waals surface area (Å²) in [5.41, 5.74) is 1.30. The maximum absolute atomic E-state index is 12.8. The van der Waals surface area contributed by atoms with Crippen molar-refractivity contribution in [2.24, 2.45) is 0 Å². The summed E-state index contributed by atoms with van der Waals surface area (Å²) in [6.07, 6.45) is 5.14. The molecule has 2 aliphatic heterocycles. The number of benzene rings is 1. The van der Waals surface area contributed by atoms with Crippen molar-refractivity contribution in [2.45, 2.75) is 43.4 Å². The first-order valence-electron chi connectivity index (χ1n) is 11.3. The first-order valence-corrected chi connectivity index (χ1v) is 13.2. The predicted molar refractivity (Wildman–Crippen MR) is 125 cm³/mol. The lowest BCUT2D eigenvalue weighted by Gasteiger charge is -2.40. The van der Waals surface area contributed by atoms with Crippen molar-refractivity contribution in [2.75, 3.05) is 43.9 Å². The fraction of sp³-hybridized carbons (Fsp3) is 0.522. The van der Waals surface area contributed by atoms with E-state index in [0.717, 1.165) is 38.7 Å². The van der Waals surface area contributed by atoms with Gasteiger partial charge in [0.05, 0.1) is 12.4 Å². The molecule has 2 fully saturated rings. The van der Waals surface area contributed by atoms with Crippen LogP contribution in [0.5, 0.6) is 0 Å². The van der Waals surface area contributed by atoms with E-state index < -0.39 is 9.84 Å². The Balaban J connectivity index is 1.25. The summed E-state index contributed by atoms with van der Waals surface area (Å²) in [6, 6.07) is 10.3. The molecular formula is C23H31N5O4S. The quantitative estimate of drug-likeness (QED) is 0.652. The van der Waals surface area contributed by atoms with Gasteiger partial charge in [-0.1, -0.05) is 30.3 Å². The van der Waals surface area contributed by atoms with Gasteiger partial charge in [-0.3, -0.25) is 4.90 Å². The van der Waals surface area contributed by atoms with Crippen LogP contribution >= 0.6 is 0 Å². The monoisotopic (exact) mass is 473 g/mol. The van der Waals surface area contributed by atoms with E-state index in [9.17, 15) is 13.2 Å². The van der Waals surface area contributed by atoms with Crippen LogP contribution in [0.25, 0.3) is 0 Å². The zero-order chi connectivity index (χ0) is 23.4. The Kier molecular flexibility index (Phi) is 7.14. The third-order valence-electron chi connectivity index (χ3n) is 6.24. The third-order valence-corrected chi connectivity index (χ3v) is 7.31. The zero-order valence-electron chi connectivity index (χ0n) is 19.1. The summed E-state index contributed by atoms with van der Waals surface area (Å²) in [7, 11) is -3.33. The lowest BCUT2D eigenvalue weighted by Crippen LogP contribution is -2.55. The van der Waals surface area contributed by atoms with Crippen molar-refractivity contribution in [3.63, 3.8) is 0 Å². The average Bonchev–Trinajstić information content (AvgIpc) is 2.80. The Morgan fingerprint density at radius 2 is 1.73 bits per heavy atom. The van der Waals surface area contributed by atoms with Crippen LogP contribution in [-0.2, 0) is 21.1 Å². The van der Waals surface area contributed by atoms with Crippen LogP contribution in [0, 0.1) is 0 Å². The second kappa shape index (κ2) is 10.0. The van der Waals surface area contributed by atoms with E-state index in [1.807, 2.05) is 17.9 Å². The molecule has 0 saturated carbocycles. The lowest BCUT2D eigenvalue weighted by atomic mass is 10.1. The van der Waals surface area contributed by atoms with Crippen molar-refractivity contribution in [1.82, 2.24) is 19.8 Å². The van der Waals surface area contributed by atoms with Crippen LogP contribution in [0.3, 0.4) is 0 Å². The molecule has 1 aromatic carbocycles. The molecule has 33 heavy (non-hydrogen) atoms.